The predicted molar refractivity (Wildman–Crippen MR) is 69.9 cm³/mol. The number of nitrogens with one attached hydrogen (secondary N) is 2. The van der Waals surface area contributed by atoms with Gasteiger partial charge in [-0.1, -0.05) is 0 Å². The Kier molecular flexibility index (Phi) is 2.41. The van der Waals surface area contributed by atoms with Gasteiger partial charge in [-0.15, -0.1) is 11.3 Å². The third-order valence-electron chi connectivity index (χ3n) is 2.48. The first-order chi connectivity index (χ1) is 8.33. The molecule has 4 N–H and O–H groups in total. The molecule has 86 valence electrons. The zero-order chi connectivity index (χ0) is 11.7. The van der Waals surface area contributed by atoms with E-state index in [9.17, 15) is 0 Å². The maximum Gasteiger partial charge on any atom is 0.156 e. The highest BCUT2D eigenvalue weighted by Crippen LogP contribution is 2.23. The lowest BCUT2D eigenvalue weighted by molar-refractivity contribution is 1.05. The molecule has 0 fully saturated rings. The maximum atomic E-state index is 5.76. The first kappa shape index (κ1) is 10.1. The van der Waals surface area contributed by atoms with Gasteiger partial charge in [-0.3, -0.25) is 5.10 Å². The molecule has 0 saturated heterocycles. The number of nitrogens with two attached hydrogens (primary N) is 1. The lowest BCUT2D eigenvalue weighted by atomic mass is 10.2. The molecular weight excluding hydrogens is 234 g/mol. The van der Waals surface area contributed by atoms with E-state index in [0.717, 1.165) is 27.4 Å². The van der Waals surface area contributed by atoms with Gasteiger partial charge >= 0.3 is 0 Å². The van der Waals surface area contributed by atoms with Gasteiger partial charge in [0.25, 0.3) is 0 Å². The number of hydrogen-bond acceptors (Lipinski definition) is 5. The average Bonchev–Trinajstić information content (AvgIpc) is 2.94. The monoisotopic (exact) mass is 245 g/mol. The van der Waals surface area contributed by atoms with Crippen LogP contribution in [-0.2, 0) is 6.54 Å². The zero-order valence-corrected chi connectivity index (χ0v) is 9.79. The SMILES string of the molecule is Nc1ccc2[nH]nc(NCc3nccs3)c2c1. The van der Waals surface area contributed by atoms with Gasteiger partial charge in [0.1, 0.15) is 5.01 Å². The van der Waals surface area contributed by atoms with E-state index >= 15 is 0 Å². The number of anilines is 2. The lowest BCUT2D eigenvalue weighted by Gasteiger charge is -2.00. The summed E-state index contributed by atoms with van der Waals surface area (Å²) < 4.78 is 0. The van der Waals surface area contributed by atoms with Crippen LogP contribution in [0.2, 0.25) is 0 Å². The molecule has 0 aliphatic heterocycles. The number of H-pyrrole nitrogens is 1. The lowest BCUT2D eigenvalue weighted by Crippen LogP contribution is -1.99. The Labute approximate surface area is 102 Å². The van der Waals surface area contributed by atoms with E-state index in [1.165, 1.54) is 0 Å². The minimum Gasteiger partial charge on any atom is -0.399 e. The van der Waals surface area contributed by atoms with Crippen LogP contribution in [-0.4, -0.2) is 15.2 Å². The van der Waals surface area contributed by atoms with Crippen molar-refractivity contribution >= 4 is 33.7 Å². The molecule has 0 atom stereocenters. The van der Waals surface area contributed by atoms with Gasteiger partial charge < -0.3 is 11.1 Å². The van der Waals surface area contributed by atoms with E-state index in [1.807, 2.05) is 23.6 Å². The molecular formula is C11H11N5S. The number of fused-ring (bicyclic) bond motifs is 1. The Balaban J connectivity index is 1.87. The van der Waals surface area contributed by atoms with Crippen LogP contribution in [0, 0.1) is 0 Å². The molecule has 0 bridgehead atoms. The molecule has 3 aromatic rings. The van der Waals surface area contributed by atoms with Crippen LogP contribution in [0.3, 0.4) is 0 Å². The van der Waals surface area contributed by atoms with Crippen LogP contribution >= 0.6 is 11.3 Å². The molecule has 0 aliphatic carbocycles. The Morgan fingerprint density at radius 2 is 2.35 bits per heavy atom. The normalized spacial score (nSPS) is 10.8. The first-order valence-electron chi connectivity index (χ1n) is 5.19. The number of thiazole rings is 1. The Morgan fingerprint density at radius 3 is 3.18 bits per heavy atom. The van der Waals surface area contributed by atoms with Gasteiger partial charge in [-0.25, -0.2) is 4.98 Å². The van der Waals surface area contributed by atoms with Gasteiger partial charge in [0.15, 0.2) is 5.82 Å². The van der Waals surface area contributed by atoms with Crippen molar-refractivity contribution in [1.82, 2.24) is 15.2 Å². The van der Waals surface area contributed by atoms with Crippen molar-refractivity contribution in [3.05, 3.63) is 34.8 Å². The second-order valence-electron chi connectivity index (χ2n) is 3.66. The summed E-state index contributed by atoms with van der Waals surface area (Å²) in [5, 5.41) is 14.4. The molecule has 3 rings (SSSR count). The van der Waals surface area contributed by atoms with E-state index < -0.39 is 0 Å². The van der Waals surface area contributed by atoms with Crippen molar-refractivity contribution in [2.24, 2.45) is 0 Å². The summed E-state index contributed by atoms with van der Waals surface area (Å²) in [6, 6.07) is 5.68. The fourth-order valence-corrected chi connectivity index (χ4v) is 2.22. The standard InChI is InChI=1S/C11H11N5S/c12-7-1-2-9-8(5-7)11(16-15-9)14-6-10-13-3-4-17-10/h1-5H,6,12H2,(H2,14,15,16). The topological polar surface area (TPSA) is 79.6 Å². The molecule has 5 nitrogen and oxygen atoms in total. The van der Waals surface area contributed by atoms with Crippen LogP contribution in [0.25, 0.3) is 10.9 Å². The third-order valence-corrected chi connectivity index (χ3v) is 3.26. The number of nitrogens with zero attached hydrogens (tertiary/aromatic N) is 2. The molecule has 1 aromatic carbocycles. The molecule has 2 heterocycles. The van der Waals surface area contributed by atoms with Gasteiger partial charge in [0.2, 0.25) is 0 Å². The first-order valence-corrected chi connectivity index (χ1v) is 6.07. The fourth-order valence-electron chi connectivity index (χ4n) is 1.67. The number of nitrogen functional groups attached to an aromatic ring is 1. The van der Waals surface area contributed by atoms with E-state index in [0.29, 0.717) is 6.54 Å². The van der Waals surface area contributed by atoms with Gasteiger partial charge in [-0.05, 0) is 18.2 Å². The molecule has 0 spiro atoms. The van der Waals surface area contributed by atoms with Crippen molar-refractivity contribution in [3.63, 3.8) is 0 Å². The highest BCUT2D eigenvalue weighted by Gasteiger charge is 2.05. The molecule has 0 amide bonds. The second-order valence-corrected chi connectivity index (χ2v) is 4.64. The Morgan fingerprint density at radius 1 is 1.41 bits per heavy atom. The van der Waals surface area contributed by atoms with E-state index in [4.69, 9.17) is 5.73 Å². The number of hydrogen-bond donors (Lipinski definition) is 3. The summed E-state index contributed by atoms with van der Waals surface area (Å²) in [4.78, 5) is 4.21. The third kappa shape index (κ3) is 1.94. The summed E-state index contributed by atoms with van der Waals surface area (Å²) >= 11 is 1.62. The number of aromatic nitrogens is 3. The minimum atomic E-state index is 0.673. The number of rotatable bonds is 3. The van der Waals surface area contributed by atoms with Crippen LogP contribution < -0.4 is 11.1 Å². The van der Waals surface area contributed by atoms with Crippen molar-refractivity contribution < 1.29 is 0 Å². The molecule has 0 unspecified atom stereocenters. The minimum absolute atomic E-state index is 0.673. The maximum absolute atomic E-state index is 5.76. The summed E-state index contributed by atoms with van der Waals surface area (Å²) in [6.45, 7) is 0.673. The Bertz CT molecular complexity index is 628. The van der Waals surface area contributed by atoms with E-state index in [2.05, 4.69) is 20.5 Å². The van der Waals surface area contributed by atoms with Crippen molar-refractivity contribution in [3.8, 4) is 0 Å². The Hall–Kier alpha value is -2.08. The van der Waals surface area contributed by atoms with Crippen LogP contribution in [0.4, 0.5) is 11.5 Å². The predicted octanol–water partition coefficient (Wildman–Crippen LogP) is 2.21. The average molecular weight is 245 g/mol. The summed E-state index contributed by atoms with van der Waals surface area (Å²) in [5.41, 5.74) is 7.47. The molecule has 2 aromatic heterocycles. The van der Waals surface area contributed by atoms with Crippen molar-refractivity contribution in [1.29, 1.82) is 0 Å². The zero-order valence-electron chi connectivity index (χ0n) is 8.97. The largest absolute Gasteiger partial charge is 0.399 e. The summed E-state index contributed by atoms with van der Waals surface area (Å²) in [5.74, 6) is 0.808. The smallest absolute Gasteiger partial charge is 0.156 e. The van der Waals surface area contributed by atoms with Crippen LogP contribution in [0.5, 0.6) is 0 Å². The van der Waals surface area contributed by atoms with E-state index in [1.54, 1.807) is 17.5 Å². The van der Waals surface area contributed by atoms with Gasteiger partial charge in [0, 0.05) is 22.7 Å². The molecule has 6 heteroatoms. The van der Waals surface area contributed by atoms with Gasteiger partial charge in [-0.2, -0.15) is 5.10 Å². The van der Waals surface area contributed by atoms with Crippen LogP contribution in [0.15, 0.2) is 29.8 Å². The molecule has 0 aliphatic rings. The van der Waals surface area contributed by atoms with Gasteiger partial charge in [0.05, 0.1) is 12.1 Å². The number of benzene rings is 1. The van der Waals surface area contributed by atoms with E-state index in [-0.39, 0.29) is 0 Å². The fraction of sp³-hybridized carbons (Fsp3) is 0.0909. The summed E-state index contributed by atoms with van der Waals surface area (Å²) in [6.07, 6.45) is 1.79. The molecule has 0 radical (unpaired) electrons. The quantitative estimate of drug-likeness (QED) is 0.618. The second kappa shape index (κ2) is 4.06. The van der Waals surface area contributed by atoms with Crippen molar-refractivity contribution in [2.75, 3.05) is 11.1 Å². The molecule has 0 saturated carbocycles. The molecule has 17 heavy (non-hydrogen) atoms. The van der Waals surface area contributed by atoms with Crippen LogP contribution in [0.1, 0.15) is 5.01 Å². The van der Waals surface area contributed by atoms with Crippen molar-refractivity contribution in [2.45, 2.75) is 6.54 Å². The highest BCUT2D eigenvalue weighted by atomic mass is 32.1. The number of aromatic amines is 1. The summed E-state index contributed by atoms with van der Waals surface area (Å²) in [7, 11) is 0. The highest BCUT2D eigenvalue weighted by molar-refractivity contribution is 7.09.